The van der Waals surface area contributed by atoms with Gasteiger partial charge in [-0.15, -0.1) is 0 Å². The maximum Gasteiger partial charge on any atom is 0.393 e. The first kappa shape index (κ1) is 15.3. The van der Waals surface area contributed by atoms with Gasteiger partial charge in [-0.3, -0.25) is 9.69 Å². The summed E-state index contributed by atoms with van der Waals surface area (Å²) in [6.07, 6.45) is -3.94. The van der Waals surface area contributed by atoms with Crippen molar-refractivity contribution >= 4 is 5.97 Å². The van der Waals surface area contributed by atoms with Crippen LogP contribution in [0.4, 0.5) is 13.2 Å². The maximum absolute atomic E-state index is 12.8. The van der Waals surface area contributed by atoms with Crippen molar-refractivity contribution in [1.82, 2.24) is 4.90 Å². The molecule has 0 amide bonds. The van der Waals surface area contributed by atoms with Gasteiger partial charge in [0.05, 0.1) is 18.9 Å². The molecule has 1 atom stereocenters. The highest BCUT2D eigenvalue weighted by Crippen LogP contribution is 2.44. The van der Waals surface area contributed by atoms with Crippen LogP contribution in [0.1, 0.15) is 33.6 Å². The molecule has 1 aliphatic rings. The van der Waals surface area contributed by atoms with Crippen LogP contribution in [0, 0.1) is 5.92 Å². The van der Waals surface area contributed by atoms with Crippen molar-refractivity contribution in [3.63, 3.8) is 0 Å². The number of ether oxygens (including phenoxy) is 1. The van der Waals surface area contributed by atoms with Crippen LogP contribution in [-0.4, -0.2) is 42.3 Å². The average molecular weight is 267 g/mol. The van der Waals surface area contributed by atoms with E-state index in [0.29, 0.717) is 19.7 Å². The van der Waals surface area contributed by atoms with Gasteiger partial charge in [0, 0.05) is 12.1 Å². The molecule has 1 saturated heterocycles. The van der Waals surface area contributed by atoms with E-state index in [2.05, 4.69) is 0 Å². The number of nitrogens with zero attached hydrogens (tertiary/aromatic N) is 1. The van der Waals surface area contributed by atoms with Crippen LogP contribution in [0.15, 0.2) is 0 Å². The Morgan fingerprint density at radius 1 is 1.44 bits per heavy atom. The molecule has 1 heterocycles. The van der Waals surface area contributed by atoms with E-state index in [1.165, 1.54) is 0 Å². The Labute approximate surface area is 105 Å². The van der Waals surface area contributed by atoms with Crippen LogP contribution in [-0.2, 0) is 9.53 Å². The summed E-state index contributed by atoms with van der Waals surface area (Å²) in [6.45, 7) is 5.87. The van der Waals surface area contributed by atoms with Gasteiger partial charge in [0.1, 0.15) is 0 Å². The number of carbonyl (C=O) groups is 1. The van der Waals surface area contributed by atoms with E-state index in [1.54, 1.807) is 25.7 Å². The number of carbonyl (C=O) groups excluding carboxylic acids is 1. The molecular formula is C12H20F3NO2. The van der Waals surface area contributed by atoms with Gasteiger partial charge in [0.2, 0.25) is 0 Å². The fraction of sp³-hybridized carbons (Fsp3) is 0.917. The third-order valence-electron chi connectivity index (χ3n) is 3.64. The SMILES string of the molecule is CCOC(=O)CCN1CCC(C(F)(F)F)C1(C)C. The summed E-state index contributed by atoms with van der Waals surface area (Å²) in [5.41, 5.74) is -0.954. The molecule has 6 heteroatoms. The van der Waals surface area contributed by atoms with E-state index >= 15 is 0 Å². The van der Waals surface area contributed by atoms with Crippen molar-refractivity contribution in [3.8, 4) is 0 Å². The van der Waals surface area contributed by atoms with Gasteiger partial charge in [-0.1, -0.05) is 0 Å². The predicted molar refractivity (Wildman–Crippen MR) is 61.1 cm³/mol. The Hall–Kier alpha value is -0.780. The monoisotopic (exact) mass is 267 g/mol. The molecule has 0 bridgehead atoms. The first-order chi connectivity index (χ1) is 8.19. The molecule has 106 valence electrons. The number of alkyl halides is 3. The standard InChI is InChI=1S/C12H20F3NO2/c1-4-18-10(17)6-8-16-7-5-9(11(16,2)3)12(13,14)15/h9H,4-8H2,1-3H3. The minimum atomic E-state index is -4.18. The van der Waals surface area contributed by atoms with Crippen LogP contribution in [0.25, 0.3) is 0 Å². The summed E-state index contributed by atoms with van der Waals surface area (Å²) in [4.78, 5) is 12.9. The third kappa shape index (κ3) is 3.37. The highest BCUT2D eigenvalue weighted by atomic mass is 19.4. The fourth-order valence-corrected chi connectivity index (χ4v) is 2.57. The average Bonchev–Trinajstić information content (AvgIpc) is 2.50. The van der Waals surface area contributed by atoms with E-state index in [-0.39, 0.29) is 18.8 Å². The van der Waals surface area contributed by atoms with Gasteiger partial charge < -0.3 is 4.74 Å². The zero-order valence-corrected chi connectivity index (χ0v) is 11.0. The topological polar surface area (TPSA) is 29.5 Å². The smallest absolute Gasteiger partial charge is 0.393 e. The van der Waals surface area contributed by atoms with E-state index in [1.807, 2.05) is 0 Å². The maximum atomic E-state index is 12.8. The summed E-state index contributed by atoms with van der Waals surface area (Å²) < 4.78 is 43.3. The Balaban J connectivity index is 2.57. The Morgan fingerprint density at radius 3 is 2.50 bits per heavy atom. The van der Waals surface area contributed by atoms with Crippen LogP contribution in [0.3, 0.4) is 0 Å². The molecule has 0 saturated carbocycles. The van der Waals surface area contributed by atoms with Crippen LogP contribution in [0.2, 0.25) is 0 Å². The molecule has 3 nitrogen and oxygen atoms in total. The largest absolute Gasteiger partial charge is 0.466 e. The predicted octanol–water partition coefficient (Wildman–Crippen LogP) is 2.60. The number of esters is 1. The minimum absolute atomic E-state index is 0.0966. The van der Waals surface area contributed by atoms with E-state index in [9.17, 15) is 18.0 Å². The summed E-state index contributed by atoms with van der Waals surface area (Å²) in [5, 5.41) is 0. The van der Waals surface area contributed by atoms with E-state index in [4.69, 9.17) is 4.74 Å². The lowest BCUT2D eigenvalue weighted by molar-refractivity contribution is -0.191. The first-order valence-electron chi connectivity index (χ1n) is 6.17. The second kappa shape index (κ2) is 5.47. The van der Waals surface area contributed by atoms with Crippen molar-refractivity contribution in [2.45, 2.75) is 45.3 Å². The lowest BCUT2D eigenvalue weighted by Crippen LogP contribution is -2.47. The number of hydrogen-bond acceptors (Lipinski definition) is 3. The molecule has 0 aromatic carbocycles. The number of likely N-dealkylation sites (tertiary alicyclic amines) is 1. The zero-order chi connectivity index (χ0) is 14.0. The second-order valence-corrected chi connectivity index (χ2v) is 5.08. The van der Waals surface area contributed by atoms with Crippen LogP contribution >= 0.6 is 0 Å². The quantitative estimate of drug-likeness (QED) is 0.733. The number of halogens is 3. The zero-order valence-electron chi connectivity index (χ0n) is 11.0. The van der Waals surface area contributed by atoms with Crippen molar-refractivity contribution in [3.05, 3.63) is 0 Å². The molecule has 1 unspecified atom stereocenters. The van der Waals surface area contributed by atoms with Crippen molar-refractivity contribution < 1.29 is 22.7 Å². The summed E-state index contributed by atoms with van der Waals surface area (Å²) in [5.74, 6) is -1.68. The molecule has 0 N–H and O–H groups in total. The molecule has 1 aliphatic heterocycles. The summed E-state index contributed by atoms with van der Waals surface area (Å²) in [6, 6.07) is 0. The van der Waals surface area contributed by atoms with Crippen LogP contribution < -0.4 is 0 Å². The Kier molecular flexibility index (Phi) is 4.64. The highest BCUT2D eigenvalue weighted by molar-refractivity contribution is 5.69. The molecule has 0 radical (unpaired) electrons. The van der Waals surface area contributed by atoms with E-state index < -0.39 is 17.6 Å². The Bertz CT molecular complexity index is 302. The number of hydrogen-bond donors (Lipinski definition) is 0. The summed E-state index contributed by atoms with van der Waals surface area (Å²) >= 11 is 0. The summed E-state index contributed by atoms with van der Waals surface area (Å²) in [7, 11) is 0. The van der Waals surface area contributed by atoms with Crippen molar-refractivity contribution in [1.29, 1.82) is 0 Å². The Morgan fingerprint density at radius 2 is 2.06 bits per heavy atom. The first-order valence-corrected chi connectivity index (χ1v) is 6.17. The van der Waals surface area contributed by atoms with Gasteiger partial charge in [-0.05, 0) is 33.7 Å². The van der Waals surface area contributed by atoms with Gasteiger partial charge >= 0.3 is 12.1 Å². The lowest BCUT2D eigenvalue weighted by atomic mass is 9.88. The highest BCUT2D eigenvalue weighted by Gasteiger charge is 2.54. The molecule has 0 aliphatic carbocycles. The van der Waals surface area contributed by atoms with Crippen LogP contribution in [0.5, 0.6) is 0 Å². The normalized spacial score (nSPS) is 24.2. The van der Waals surface area contributed by atoms with E-state index in [0.717, 1.165) is 0 Å². The molecule has 0 aromatic rings. The molecule has 0 spiro atoms. The number of rotatable bonds is 4. The third-order valence-corrected chi connectivity index (χ3v) is 3.64. The second-order valence-electron chi connectivity index (χ2n) is 5.08. The van der Waals surface area contributed by atoms with Crippen molar-refractivity contribution in [2.75, 3.05) is 19.7 Å². The van der Waals surface area contributed by atoms with Gasteiger partial charge in [0.15, 0.2) is 0 Å². The minimum Gasteiger partial charge on any atom is -0.466 e. The fourth-order valence-electron chi connectivity index (χ4n) is 2.57. The molecule has 18 heavy (non-hydrogen) atoms. The molecule has 0 aromatic heterocycles. The molecule has 1 rings (SSSR count). The molecular weight excluding hydrogens is 247 g/mol. The lowest BCUT2D eigenvalue weighted by Gasteiger charge is -2.36. The van der Waals surface area contributed by atoms with Gasteiger partial charge in [-0.25, -0.2) is 0 Å². The van der Waals surface area contributed by atoms with Gasteiger partial charge in [0.25, 0.3) is 0 Å². The molecule has 1 fully saturated rings. The van der Waals surface area contributed by atoms with Gasteiger partial charge in [-0.2, -0.15) is 13.2 Å². The van der Waals surface area contributed by atoms with Crippen molar-refractivity contribution in [2.24, 2.45) is 5.92 Å².